The molecule has 1 aliphatic heterocycles. The summed E-state index contributed by atoms with van der Waals surface area (Å²) in [6, 6.07) is 19.9. The summed E-state index contributed by atoms with van der Waals surface area (Å²) >= 11 is 15.1. The van der Waals surface area contributed by atoms with Gasteiger partial charge >= 0.3 is 5.97 Å². The lowest BCUT2D eigenvalue weighted by atomic mass is 9.96. The Labute approximate surface area is 255 Å². The molecule has 1 atom stereocenters. The Bertz CT molecular complexity index is 1810. The number of esters is 1. The van der Waals surface area contributed by atoms with Gasteiger partial charge in [0.05, 0.1) is 28.5 Å². The molecule has 0 unspecified atom stereocenters. The maximum absolute atomic E-state index is 13.8. The molecule has 41 heavy (non-hydrogen) atoms. The van der Waals surface area contributed by atoms with Crippen LogP contribution in [0.1, 0.15) is 36.6 Å². The number of thiazole rings is 1. The zero-order chi connectivity index (χ0) is 29.1. The third-order valence-electron chi connectivity index (χ3n) is 6.54. The molecule has 0 bridgehead atoms. The van der Waals surface area contributed by atoms with Crippen molar-refractivity contribution >= 4 is 58.3 Å². The highest BCUT2D eigenvalue weighted by atomic mass is 35.5. The topological polar surface area (TPSA) is 69.9 Å². The molecule has 1 aromatic heterocycles. The van der Waals surface area contributed by atoms with E-state index >= 15 is 0 Å². The molecule has 0 N–H and O–H groups in total. The highest BCUT2D eigenvalue weighted by Gasteiger charge is 2.33. The van der Waals surface area contributed by atoms with Crippen molar-refractivity contribution in [1.82, 2.24) is 4.57 Å². The summed E-state index contributed by atoms with van der Waals surface area (Å²) in [5.41, 5.74) is 3.16. The Morgan fingerprint density at radius 3 is 2.49 bits per heavy atom. The van der Waals surface area contributed by atoms with Crippen molar-refractivity contribution < 1.29 is 14.3 Å². The molecule has 210 valence electrons. The number of hydrogen-bond acceptors (Lipinski definition) is 7. The number of carbonyl (C=O) groups excluding carboxylic acids is 1. The second kappa shape index (κ2) is 12.7. The van der Waals surface area contributed by atoms with Crippen LogP contribution in [0.2, 0.25) is 10.0 Å². The molecule has 0 saturated heterocycles. The molecule has 3 aromatic carbocycles. The number of benzene rings is 3. The monoisotopic (exact) mass is 624 g/mol. The smallest absolute Gasteiger partial charge is 0.338 e. The first-order valence-corrected chi connectivity index (χ1v) is 15.6. The van der Waals surface area contributed by atoms with E-state index in [1.54, 1.807) is 42.3 Å². The van der Waals surface area contributed by atoms with Gasteiger partial charge in [0.2, 0.25) is 0 Å². The van der Waals surface area contributed by atoms with Crippen LogP contribution in [0.15, 0.2) is 92.7 Å². The molecule has 6 nitrogen and oxygen atoms in total. The van der Waals surface area contributed by atoms with Gasteiger partial charge in [-0.3, -0.25) is 9.36 Å². The zero-order valence-corrected chi connectivity index (χ0v) is 25.7. The van der Waals surface area contributed by atoms with Gasteiger partial charge < -0.3 is 9.47 Å². The predicted octanol–water partition coefficient (Wildman–Crippen LogP) is 6.41. The largest absolute Gasteiger partial charge is 0.489 e. The van der Waals surface area contributed by atoms with Crippen molar-refractivity contribution in [2.45, 2.75) is 31.4 Å². The van der Waals surface area contributed by atoms with Gasteiger partial charge in [0.25, 0.3) is 5.56 Å². The highest BCUT2D eigenvalue weighted by molar-refractivity contribution is 7.98. The molecular formula is C31H26Cl2N2O4S2. The Morgan fingerprint density at radius 1 is 1.10 bits per heavy atom. The second-order valence-electron chi connectivity index (χ2n) is 9.17. The number of carbonyl (C=O) groups is 1. The van der Waals surface area contributed by atoms with Crippen LogP contribution < -0.4 is 19.6 Å². The molecule has 10 heteroatoms. The standard InChI is InChI=1S/C31H26Cl2N2O4S2/c1-4-38-30(37)27-18(2)34-31-35(28(27)20-8-13-24(40-3)14-9-20)29(36)26(41-31)15-19-5-11-23(12-6-19)39-17-21-7-10-22(32)16-25(21)33/h5-16,28H,4,17H2,1-3H3/b26-15-/t28-/m0/s1. The van der Waals surface area contributed by atoms with Crippen LogP contribution in [-0.2, 0) is 16.1 Å². The summed E-state index contributed by atoms with van der Waals surface area (Å²) < 4.78 is 13.4. The van der Waals surface area contributed by atoms with Crippen molar-refractivity contribution in [2.24, 2.45) is 4.99 Å². The molecule has 0 spiro atoms. The van der Waals surface area contributed by atoms with Crippen LogP contribution in [0.3, 0.4) is 0 Å². The number of aromatic nitrogens is 1. The number of hydrogen-bond donors (Lipinski definition) is 0. The third kappa shape index (κ3) is 6.31. The molecular weight excluding hydrogens is 599 g/mol. The minimum atomic E-state index is -0.640. The quantitative estimate of drug-likeness (QED) is 0.167. The summed E-state index contributed by atoms with van der Waals surface area (Å²) in [5.74, 6) is 0.190. The fourth-order valence-electron chi connectivity index (χ4n) is 4.50. The summed E-state index contributed by atoms with van der Waals surface area (Å²) in [6.45, 7) is 4.07. The van der Waals surface area contributed by atoms with Crippen LogP contribution >= 0.6 is 46.3 Å². The predicted molar refractivity (Wildman–Crippen MR) is 166 cm³/mol. The lowest BCUT2D eigenvalue weighted by Crippen LogP contribution is -2.39. The lowest BCUT2D eigenvalue weighted by Gasteiger charge is -2.24. The van der Waals surface area contributed by atoms with E-state index in [9.17, 15) is 9.59 Å². The van der Waals surface area contributed by atoms with E-state index in [-0.39, 0.29) is 12.2 Å². The average Bonchev–Trinajstić information content (AvgIpc) is 3.26. The number of halogens is 2. The summed E-state index contributed by atoms with van der Waals surface area (Å²) in [5, 5.41) is 1.12. The Balaban J connectivity index is 1.48. The average molecular weight is 626 g/mol. The Morgan fingerprint density at radius 2 is 1.83 bits per heavy atom. The fourth-order valence-corrected chi connectivity index (χ4v) is 6.42. The van der Waals surface area contributed by atoms with Crippen molar-refractivity contribution in [2.75, 3.05) is 12.9 Å². The molecule has 0 saturated carbocycles. The minimum absolute atomic E-state index is 0.223. The van der Waals surface area contributed by atoms with Crippen LogP contribution in [0.4, 0.5) is 0 Å². The first-order valence-electron chi connectivity index (χ1n) is 12.8. The Kier molecular flexibility index (Phi) is 9.04. The zero-order valence-electron chi connectivity index (χ0n) is 22.5. The van der Waals surface area contributed by atoms with Crippen LogP contribution in [-0.4, -0.2) is 23.4 Å². The number of fused-ring (bicyclic) bond motifs is 1. The van der Waals surface area contributed by atoms with Gasteiger partial charge in [-0.1, -0.05) is 64.9 Å². The number of ether oxygens (including phenoxy) is 2. The van der Waals surface area contributed by atoms with Gasteiger partial charge in [-0.25, -0.2) is 9.79 Å². The van der Waals surface area contributed by atoms with E-state index in [1.165, 1.54) is 11.3 Å². The van der Waals surface area contributed by atoms with Gasteiger partial charge in [-0.2, -0.15) is 0 Å². The lowest BCUT2D eigenvalue weighted by molar-refractivity contribution is -0.139. The maximum atomic E-state index is 13.8. The molecule has 4 aromatic rings. The molecule has 0 radical (unpaired) electrons. The number of allylic oxidation sites excluding steroid dienone is 1. The number of nitrogens with zero attached hydrogens (tertiary/aromatic N) is 2. The maximum Gasteiger partial charge on any atom is 0.338 e. The first kappa shape index (κ1) is 29.2. The molecule has 5 rings (SSSR count). The van der Waals surface area contributed by atoms with Gasteiger partial charge in [0.15, 0.2) is 4.80 Å². The van der Waals surface area contributed by atoms with Crippen LogP contribution in [0.25, 0.3) is 6.08 Å². The van der Waals surface area contributed by atoms with Crippen molar-refractivity contribution in [1.29, 1.82) is 0 Å². The normalized spacial score (nSPS) is 15.0. The van der Waals surface area contributed by atoms with Crippen molar-refractivity contribution in [3.05, 3.63) is 124 Å². The summed E-state index contributed by atoms with van der Waals surface area (Å²) in [4.78, 5) is 33.1. The van der Waals surface area contributed by atoms with Crippen molar-refractivity contribution in [3.8, 4) is 5.75 Å². The first-order chi connectivity index (χ1) is 19.8. The van der Waals surface area contributed by atoms with E-state index in [0.717, 1.165) is 21.6 Å². The van der Waals surface area contributed by atoms with Gasteiger partial charge in [0, 0.05) is 20.5 Å². The van der Waals surface area contributed by atoms with E-state index in [4.69, 9.17) is 32.7 Å². The van der Waals surface area contributed by atoms with Crippen LogP contribution in [0.5, 0.6) is 5.75 Å². The fraction of sp³-hybridized carbons (Fsp3) is 0.194. The SMILES string of the molecule is CCOC(=O)C1=C(C)N=c2s/c(=C\c3ccc(OCc4ccc(Cl)cc4Cl)cc3)c(=O)n2[C@H]1c1ccc(SC)cc1. The van der Waals surface area contributed by atoms with Gasteiger partial charge in [-0.05, 0) is 73.7 Å². The molecule has 1 aliphatic rings. The van der Waals surface area contributed by atoms with E-state index in [2.05, 4.69) is 4.99 Å². The minimum Gasteiger partial charge on any atom is -0.489 e. The molecule has 0 amide bonds. The van der Waals surface area contributed by atoms with E-state index < -0.39 is 12.0 Å². The number of rotatable bonds is 8. The van der Waals surface area contributed by atoms with Gasteiger partial charge in [-0.15, -0.1) is 11.8 Å². The molecule has 2 heterocycles. The summed E-state index contributed by atoms with van der Waals surface area (Å²) in [6.07, 6.45) is 3.82. The second-order valence-corrected chi connectivity index (χ2v) is 11.9. The third-order valence-corrected chi connectivity index (χ3v) is 8.85. The van der Waals surface area contributed by atoms with Crippen molar-refractivity contribution in [3.63, 3.8) is 0 Å². The van der Waals surface area contributed by atoms with Gasteiger partial charge in [0.1, 0.15) is 12.4 Å². The summed E-state index contributed by atoms with van der Waals surface area (Å²) in [7, 11) is 0. The molecule has 0 aliphatic carbocycles. The molecule has 0 fully saturated rings. The van der Waals surface area contributed by atoms with E-state index in [1.807, 2.05) is 66.9 Å². The van der Waals surface area contributed by atoms with E-state index in [0.29, 0.717) is 43.0 Å². The highest BCUT2D eigenvalue weighted by Crippen LogP contribution is 2.31. The van der Waals surface area contributed by atoms with Crippen LogP contribution in [0, 0.1) is 0 Å². The Hall–Kier alpha value is -3.30. The number of thioether (sulfide) groups is 1.